The molecule has 32 heavy (non-hydrogen) atoms. The molecular weight excluding hydrogens is 392 g/mol. The minimum atomic E-state index is -0.849. The van der Waals surface area contributed by atoms with Gasteiger partial charge in [0.1, 0.15) is 0 Å². The molecule has 1 saturated carbocycles. The fourth-order valence-corrected chi connectivity index (χ4v) is 7.90. The standard InChI is InChI=1S/C30H26O2/c1-19-18-24(31)26-28(2)22-16-10-11-17-23(22)30(19,21-14-8-5-9-15-21)29(26,3)25(27(28)32)20-12-6-4-7-13-20/h4-18,25-26H,1-3H3/t25-,26-,28+,29+,30-/m0/s1. The number of Topliss-reactive ketones (excluding diaryl/α,β-unsaturated/α-hetero) is 1. The number of carbonyl (C=O) groups is 2. The third-order valence-electron chi connectivity index (χ3n) is 8.82. The van der Waals surface area contributed by atoms with E-state index in [1.165, 1.54) is 5.56 Å². The van der Waals surface area contributed by atoms with E-state index in [0.717, 1.165) is 22.3 Å². The Hall–Kier alpha value is -3.26. The molecule has 0 unspecified atom stereocenters. The minimum absolute atomic E-state index is 0.0836. The molecule has 4 bridgehead atoms. The molecule has 3 aliphatic rings. The van der Waals surface area contributed by atoms with Gasteiger partial charge in [0.25, 0.3) is 0 Å². The van der Waals surface area contributed by atoms with E-state index >= 15 is 0 Å². The van der Waals surface area contributed by atoms with Crippen molar-refractivity contribution < 1.29 is 9.59 Å². The predicted octanol–water partition coefficient (Wildman–Crippen LogP) is 5.76. The number of hydrogen-bond donors (Lipinski definition) is 0. The van der Waals surface area contributed by atoms with Crippen LogP contribution >= 0.6 is 0 Å². The number of ketones is 2. The van der Waals surface area contributed by atoms with E-state index in [4.69, 9.17) is 0 Å². The third-order valence-corrected chi connectivity index (χ3v) is 8.82. The lowest BCUT2D eigenvalue weighted by molar-refractivity contribution is -0.129. The first-order valence-electron chi connectivity index (χ1n) is 11.4. The summed E-state index contributed by atoms with van der Waals surface area (Å²) in [5, 5.41) is 0. The maximum atomic E-state index is 14.5. The van der Waals surface area contributed by atoms with E-state index in [1.807, 2.05) is 43.3 Å². The van der Waals surface area contributed by atoms with Gasteiger partial charge in [0.15, 0.2) is 11.6 Å². The van der Waals surface area contributed by atoms with Crippen LogP contribution in [0.25, 0.3) is 0 Å². The normalized spacial score (nSPS) is 34.8. The number of rotatable bonds is 2. The maximum absolute atomic E-state index is 14.5. The second kappa shape index (κ2) is 6.16. The van der Waals surface area contributed by atoms with Crippen LogP contribution < -0.4 is 0 Å². The van der Waals surface area contributed by atoms with Gasteiger partial charge < -0.3 is 0 Å². The lowest BCUT2D eigenvalue weighted by atomic mass is 9.40. The summed E-state index contributed by atoms with van der Waals surface area (Å²) in [6.07, 6.45) is 1.83. The molecule has 2 nitrogen and oxygen atoms in total. The number of carbonyl (C=O) groups excluding carboxylic acids is 2. The average molecular weight is 419 g/mol. The Kier molecular flexibility index (Phi) is 3.74. The molecule has 3 aromatic rings. The van der Waals surface area contributed by atoms with Crippen molar-refractivity contribution in [2.24, 2.45) is 11.3 Å². The molecule has 2 heteroatoms. The molecule has 3 aromatic carbocycles. The second-order valence-electron chi connectivity index (χ2n) is 10.0. The Morgan fingerprint density at radius 3 is 1.94 bits per heavy atom. The number of hydrogen-bond acceptors (Lipinski definition) is 2. The highest BCUT2D eigenvalue weighted by atomic mass is 16.1. The van der Waals surface area contributed by atoms with Crippen molar-refractivity contribution in [1.82, 2.24) is 0 Å². The molecular formula is C30H26O2. The van der Waals surface area contributed by atoms with E-state index in [0.29, 0.717) is 0 Å². The summed E-state index contributed by atoms with van der Waals surface area (Å²) in [6.45, 7) is 6.30. The SMILES string of the molecule is CC1=CC(=O)[C@@H]2[C@@]3(C)[C@@H](c4ccccc4)C(=O)[C@]2(C)c2ccccc2[C@@]13c1ccccc1. The van der Waals surface area contributed by atoms with E-state index in [9.17, 15) is 9.59 Å². The summed E-state index contributed by atoms with van der Waals surface area (Å²) < 4.78 is 0. The zero-order valence-electron chi connectivity index (χ0n) is 18.6. The topological polar surface area (TPSA) is 34.1 Å². The summed E-state index contributed by atoms with van der Waals surface area (Å²) in [5.41, 5.74) is 3.33. The number of fused-ring (bicyclic) bond motifs is 3. The van der Waals surface area contributed by atoms with Crippen LogP contribution in [0.2, 0.25) is 0 Å². The maximum Gasteiger partial charge on any atom is 0.160 e. The molecule has 0 aliphatic heterocycles. The molecule has 0 amide bonds. The van der Waals surface area contributed by atoms with Gasteiger partial charge in [-0.3, -0.25) is 9.59 Å². The molecule has 3 aliphatic carbocycles. The van der Waals surface area contributed by atoms with E-state index in [1.54, 1.807) is 0 Å². The van der Waals surface area contributed by atoms with Crippen molar-refractivity contribution in [3.05, 3.63) is 119 Å². The van der Waals surface area contributed by atoms with E-state index < -0.39 is 22.2 Å². The van der Waals surface area contributed by atoms with Gasteiger partial charge in [-0.2, -0.15) is 0 Å². The van der Waals surface area contributed by atoms with Gasteiger partial charge in [0, 0.05) is 16.7 Å². The lowest BCUT2D eigenvalue weighted by Crippen LogP contribution is -2.61. The molecule has 5 atom stereocenters. The molecule has 0 spiro atoms. The zero-order chi connectivity index (χ0) is 22.3. The first kappa shape index (κ1) is 19.4. The summed E-state index contributed by atoms with van der Waals surface area (Å²) in [4.78, 5) is 28.2. The molecule has 6 rings (SSSR count). The van der Waals surface area contributed by atoms with Crippen molar-refractivity contribution in [2.75, 3.05) is 0 Å². The number of allylic oxidation sites excluding steroid dienone is 2. The van der Waals surface area contributed by atoms with Gasteiger partial charge in [-0.1, -0.05) is 97.4 Å². The summed E-state index contributed by atoms with van der Waals surface area (Å²) in [5.74, 6) is -0.538. The smallest absolute Gasteiger partial charge is 0.160 e. The summed E-state index contributed by atoms with van der Waals surface area (Å²) in [7, 11) is 0. The fraction of sp³-hybridized carbons (Fsp3) is 0.267. The van der Waals surface area contributed by atoms with E-state index in [2.05, 4.69) is 68.4 Å². The predicted molar refractivity (Wildman–Crippen MR) is 126 cm³/mol. The molecule has 1 fully saturated rings. The van der Waals surface area contributed by atoms with Gasteiger partial charge in [-0.25, -0.2) is 0 Å². The molecule has 0 radical (unpaired) electrons. The first-order valence-corrected chi connectivity index (χ1v) is 11.4. The summed E-state index contributed by atoms with van der Waals surface area (Å²) in [6, 6.07) is 28.9. The largest absolute Gasteiger partial charge is 0.298 e. The van der Waals surface area contributed by atoms with Crippen LogP contribution in [0.4, 0.5) is 0 Å². The van der Waals surface area contributed by atoms with E-state index in [-0.39, 0.29) is 17.5 Å². The van der Waals surface area contributed by atoms with Crippen molar-refractivity contribution in [3.63, 3.8) is 0 Å². The first-order chi connectivity index (χ1) is 15.4. The Balaban J connectivity index is 1.84. The molecule has 0 N–H and O–H groups in total. The molecule has 0 aromatic heterocycles. The summed E-state index contributed by atoms with van der Waals surface area (Å²) >= 11 is 0. The molecule has 0 saturated heterocycles. The van der Waals surface area contributed by atoms with Crippen molar-refractivity contribution in [2.45, 2.75) is 37.5 Å². The quantitative estimate of drug-likeness (QED) is 0.530. The van der Waals surface area contributed by atoms with Crippen LogP contribution in [-0.2, 0) is 20.4 Å². The average Bonchev–Trinajstić information content (AvgIpc) is 2.96. The highest BCUT2D eigenvalue weighted by molar-refractivity contribution is 6.11. The van der Waals surface area contributed by atoms with Crippen molar-refractivity contribution >= 4 is 11.6 Å². The highest BCUT2D eigenvalue weighted by Crippen LogP contribution is 2.75. The Morgan fingerprint density at radius 2 is 1.28 bits per heavy atom. The van der Waals surface area contributed by atoms with Crippen LogP contribution in [0.3, 0.4) is 0 Å². The monoisotopic (exact) mass is 418 g/mol. The van der Waals surface area contributed by atoms with Crippen LogP contribution in [0.1, 0.15) is 48.9 Å². The van der Waals surface area contributed by atoms with Crippen LogP contribution in [0.5, 0.6) is 0 Å². The Morgan fingerprint density at radius 1 is 0.719 bits per heavy atom. The molecule has 0 heterocycles. The second-order valence-corrected chi connectivity index (χ2v) is 10.0. The molecule has 158 valence electrons. The van der Waals surface area contributed by atoms with Crippen molar-refractivity contribution in [1.29, 1.82) is 0 Å². The van der Waals surface area contributed by atoms with Gasteiger partial charge in [0.2, 0.25) is 0 Å². The zero-order valence-corrected chi connectivity index (χ0v) is 18.6. The van der Waals surface area contributed by atoms with Gasteiger partial charge in [0.05, 0.1) is 11.3 Å². The Labute approximate surface area is 189 Å². The van der Waals surface area contributed by atoms with Gasteiger partial charge in [-0.15, -0.1) is 0 Å². The minimum Gasteiger partial charge on any atom is -0.298 e. The van der Waals surface area contributed by atoms with Crippen LogP contribution in [-0.4, -0.2) is 11.6 Å². The van der Waals surface area contributed by atoms with Crippen LogP contribution in [0.15, 0.2) is 96.6 Å². The fourth-order valence-electron chi connectivity index (χ4n) is 7.90. The van der Waals surface area contributed by atoms with Crippen LogP contribution in [0, 0.1) is 11.3 Å². The third kappa shape index (κ3) is 1.89. The van der Waals surface area contributed by atoms with Crippen molar-refractivity contribution in [3.8, 4) is 0 Å². The number of benzene rings is 3. The highest BCUT2D eigenvalue weighted by Gasteiger charge is 2.78. The Bertz CT molecular complexity index is 1300. The van der Waals surface area contributed by atoms with Gasteiger partial charge >= 0.3 is 0 Å². The lowest BCUT2D eigenvalue weighted by Gasteiger charge is -2.60. The van der Waals surface area contributed by atoms with Gasteiger partial charge in [-0.05, 0) is 42.2 Å².